The van der Waals surface area contributed by atoms with Gasteiger partial charge < -0.3 is 19.4 Å². The van der Waals surface area contributed by atoms with Crippen molar-refractivity contribution in [3.05, 3.63) is 64.1 Å². The molecule has 0 saturated carbocycles. The number of hydrogen-bond acceptors (Lipinski definition) is 5. The summed E-state index contributed by atoms with van der Waals surface area (Å²) in [6.07, 6.45) is -3.62. The van der Waals surface area contributed by atoms with E-state index in [4.69, 9.17) is 9.47 Å². The van der Waals surface area contributed by atoms with Crippen LogP contribution in [0.25, 0.3) is 0 Å². The number of pyridine rings is 1. The highest BCUT2D eigenvalue weighted by molar-refractivity contribution is 5.75. The Morgan fingerprint density at radius 3 is 2.61 bits per heavy atom. The number of rotatable bonds is 8. The van der Waals surface area contributed by atoms with E-state index in [1.807, 2.05) is 6.07 Å². The molecular formula is C21H24F3N3O4. The van der Waals surface area contributed by atoms with Gasteiger partial charge in [-0.05, 0) is 18.2 Å². The molecule has 2 heterocycles. The monoisotopic (exact) mass is 439 g/mol. The first-order chi connectivity index (χ1) is 14.8. The molecule has 0 aliphatic carbocycles. The summed E-state index contributed by atoms with van der Waals surface area (Å²) in [5.41, 5.74) is -1.83. The minimum atomic E-state index is -4.77. The number of amides is 1. The molecule has 1 aliphatic rings. The molecule has 1 fully saturated rings. The molecule has 2 aromatic rings. The summed E-state index contributed by atoms with van der Waals surface area (Å²) in [6, 6.07) is 8.99. The maximum atomic E-state index is 12.9. The standard InChI is InChI=1S/C21H24F3N3O4/c22-21(23,24)17-5-3-7-27(20(17)29)15-19(28)25-14-16-4-1-2-6-18(16)31-13-10-26-8-11-30-12-9-26/h1-7H,8-15H2,(H,25,28). The minimum absolute atomic E-state index is 0.125. The zero-order valence-corrected chi connectivity index (χ0v) is 16.9. The van der Waals surface area contributed by atoms with Crippen molar-refractivity contribution in [1.29, 1.82) is 0 Å². The average molecular weight is 439 g/mol. The van der Waals surface area contributed by atoms with Gasteiger partial charge in [0.2, 0.25) is 5.91 Å². The molecule has 3 rings (SSSR count). The van der Waals surface area contributed by atoms with Crippen LogP contribution in [0.1, 0.15) is 11.1 Å². The lowest BCUT2D eigenvalue weighted by atomic mass is 10.2. The molecule has 1 amide bonds. The predicted octanol–water partition coefficient (Wildman–Crippen LogP) is 1.89. The van der Waals surface area contributed by atoms with Crippen LogP contribution in [-0.2, 0) is 28.8 Å². The number of carbonyl (C=O) groups excluding carboxylic acids is 1. The van der Waals surface area contributed by atoms with Gasteiger partial charge in [-0.1, -0.05) is 18.2 Å². The lowest BCUT2D eigenvalue weighted by Crippen LogP contribution is -2.38. The fourth-order valence-corrected chi connectivity index (χ4v) is 3.18. The Morgan fingerprint density at radius 2 is 1.87 bits per heavy atom. The van der Waals surface area contributed by atoms with Crippen LogP contribution in [0.15, 0.2) is 47.4 Å². The molecule has 0 spiro atoms. The largest absolute Gasteiger partial charge is 0.492 e. The Labute approximate surface area is 177 Å². The number of benzene rings is 1. The van der Waals surface area contributed by atoms with Crippen molar-refractivity contribution in [2.24, 2.45) is 0 Å². The highest BCUT2D eigenvalue weighted by Crippen LogP contribution is 2.26. The number of ether oxygens (including phenoxy) is 2. The Morgan fingerprint density at radius 1 is 1.13 bits per heavy atom. The molecule has 1 saturated heterocycles. The van der Waals surface area contributed by atoms with Gasteiger partial charge in [-0.2, -0.15) is 13.2 Å². The Kier molecular flexibility index (Phi) is 7.69. The van der Waals surface area contributed by atoms with E-state index < -0.39 is 29.8 Å². The zero-order valence-electron chi connectivity index (χ0n) is 16.9. The molecule has 10 heteroatoms. The summed E-state index contributed by atoms with van der Waals surface area (Å²) in [5.74, 6) is 0.0387. The molecule has 0 radical (unpaired) electrons. The summed E-state index contributed by atoms with van der Waals surface area (Å²) in [4.78, 5) is 26.4. The number of morpholine rings is 1. The van der Waals surface area contributed by atoms with Gasteiger partial charge in [0.1, 0.15) is 24.5 Å². The number of nitrogens with zero attached hydrogens (tertiary/aromatic N) is 2. The molecule has 31 heavy (non-hydrogen) atoms. The van der Waals surface area contributed by atoms with Gasteiger partial charge in [-0.25, -0.2) is 0 Å². The lowest BCUT2D eigenvalue weighted by Gasteiger charge is -2.26. The predicted molar refractivity (Wildman–Crippen MR) is 107 cm³/mol. The van der Waals surface area contributed by atoms with E-state index >= 15 is 0 Å². The third-order valence-electron chi connectivity index (χ3n) is 4.86. The number of carbonyl (C=O) groups is 1. The Hall–Kier alpha value is -2.85. The van der Waals surface area contributed by atoms with E-state index in [2.05, 4.69) is 10.2 Å². The van der Waals surface area contributed by atoms with Crippen LogP contribution in [-0.4, -0.2) is 54.8 Å². The number of para-hydroxylation sites is 1. The second-order valence-corrected chi connectivity index (χ2v) is 7.04. The molecule has 7 nitrogen and oxygen atoms in total. The van der Waals surface area contributed by atoms with E-state index in [1.54, 1.807) is 18.2 Å². The van der Waals surface area contributed by atoms with E-state index in [0.717, 1.165) is 42.0 Å². The van der Waals surface area contributed by atoms with Gasteiger partial charge in [0, 0.05) is 37.9 Å². The third kappa shape index (κ3) is 6.56. The van der Waals surface area contributed by atoms with Gasteiger partial charge >= 0.3 is 6.18 Å². The quantitative estimate of drug-likeness (QED) is 0.680. The van der Waals surface area contributed by atoms with Crippen molar-refractivity contribution in [1.82, 2.24) is 14.8 Å². The topological polar surface area (TPSA) is 72.8 Å². The van der Waals surface area contributed by atoms with E-state index in [-0.39, 0.29) is 6.54 Å². The van der Waals surface area contributed by atoms with Crippen molar-refractivity contribution < 1.29 is 27.4 Å². The first kappa shape index (κ1) is 22.8. The highest BCUT2D eigenvalue weighted by atomic mass is 19.4. The fourth-order valence-electron chi connectivity index (χ4n) is 3.18. The second-order valence-electron chi connectivity index (χ2n) is 7.04. The molecule has 1 aromatic heterocycles. The number of aromatic nitrogens is 1. The summed E-state index contributed by atoms with van der Waals surface area (Å²) in [7, 11) is 0. The molecule has 168 valence electrons. The molecule has 0 atom stereocenters. The van der Waals surface area contributed by atoms with E-state index in [9.17, 15) is 22.8 Å². The first-order valence-corrected chi connectivity index (χ1v) is 9.89. The van der Waals surface area contributed by atoms with E-state index in [0.29, 0.717) is 31.6 Å². The maximum absolute atomic E-state index is 12.9. The summed E-state index contributed by atoms with van der Waals surface area (Å²) >= 11 is 0. The van der Waals surface area contributed by atoms with Crippen molar-refractivity contribution >= 4 is 5.91 Å². The normalized spacial score (nSPS) is 14.9. The van der Waals surface area contributed by atoms with Crippen molar-refractivity contribution in [3.8, 4) is 5.75 Å². The maximum Gasteiger partial charge on any atom is 0.421 e. The lowest BCUT2D eigenvalue weighted by molar-refractivity contribution is -0.139. The molecular weight excluding hydrogens is 415 g/mol. The summed E-state index contributed by atoms with van der Waals surface area (Å²) in [5, 5.41) is 2.63. The van der Waals surface area contributed by atoms with Crippen LogP contribution in [0, 0.1) is 0 Å². The number of alkyl halides is 3. The van der Waals surface area contributed by atoms with Gasteiger partial charge in [0.05, 0.1) is 13.2 Å². The number of nitrogens with one attached hydrogen (secondary N) is 1. The summed E-state index contributed by atoms with van der Waals surface area (Å²) < 4.78 is 50.5. The van der Waals surface area contributed by atoms with E-state index in [1.165, 1.54) is 0 Å². The third-order valence-corrected chi connectivity index (χ3v) is 4.86. The number of hydrogen-bond donors (Lipinski definition) is 1. The van der Waals surface area contributed by atoms with Crippen LogP contribution >= 0.6 is 0 Å². The van der Waals surface area contributed by atoms with Crippen molar-refractivity contribution in [2.75, 3.05) is 39.5 Å². The number of halogens is 3. The van der Waals surface area contributed by atoms with Gasteiger partial charge in [-0.3, -0.25) is 14.5 Å². The van der Waals surface area contributed by atoms with Crippen molar-refractivity contribution in [2.45, 2.75) is 19.3 Å². The fraction of sp³-hybridized carbons (Fsp3) is 0.429. The first-order valence-electron chi connectivity index (χ1n) is 9.89. The molecule has 1 N–H and O–H groups in total. The second kappa shape index (κ2) is 10.5. The average Bonchev–Trinajstić information content (AvgIpc) is 2.74. The Balaban J connectivity index is 1.54. The SMILES string of the molecule is O=C(Cn1cccc(C(F)(F)F)c1=O)NCc1ccccc1OCCN1CCOCC1. The van der Waals surface area contributed by atoms with Gasteiger partial charge in [0.25, 0.3) is 5.56 Å². The molecule has 1 aliphatic heterocycles. The van der Waals surface area contributed by atoms with Crippen LogP contribution in [0.5, 0.6) is 5.75 Å². The Bertz CT molecular complexity index is 940. The van der Waals surface area contributed by atoms with Crippen LogP contribution < -0.4 is 15.6 Å². The minimum Gasteiger partial charge on any atom is -0.492 e. The summed E-state index contributed by atoms with van der Waals surface area (Å²) in [6.45, 7) is 3.97. The van der Waals surface area contributed by atoms with Gasteiger partial charge in [-0.15, -0.1) is 0 Å². The molecule has 0 bridgehead atoms. The molecule has 1 aromatic carbocycles. The zero-order chi connectivity index (χ0) is 22.3. The van der Waals surface area contributed by atoms with Crippen LogP contribution in [0.4, 0.5) is 13.2 Å². The van der Waals surface area contributed by atoms with Gasteiger partial charge in [0.15, 0.2) is 0 Å². The molecule has 0 unspecified atom stereocenters. The highest BCUT2D eigenvalue weighted by Gasteiger charge is 2.34. The van der Waals surface area contributed by atoms with Crippen LogP contribution in [0.3, 0.4) is 0 Å². The van der Waals surface area contributed by atoms with Crippen molar-refractivity contribution in [3.63, 3.8) is 0 Å². The van der Waals surface area contributed by atoms with Crippen LogP contribution in [0.2, 0.25) is 0 Å². The smallest absolute Gasteiger partial charge is 0.421 e.